The van der Waals surface area contributed by atoms with Crippen LogP contribution in [0.25, 0.3) is 10.8 Å². The number of benzene rings is 3. The molecule has 0 unspecified atom stereocenters. The van der Waals surface area contributed by atoms with Gasteiger partial charge in [-0.3, -0.25) is 4.79 Å². The van der Waals surface area contributed by atoms with Crippen LogP contribution >= 0.6 is 0 Å². The molecule has 0 bridgehead atoms. The summed E-state index contributed by atoms with van der Waals surface area (Å²) in [4.78, 5) is 10.7. The number of nitriles is 1. The number of carbonyl (C=O) groups is 1. The first-order chi connectivity index (χ1) is 10.3. The van der Waals surface area contributed by atoms with Crippen molar-refractivity contribution in [3.8, 4) is 17.6 Å². The van der Waals surface area contributed by atoms with Gasteiger partial charge in [0.15, 0.2) is 0 Å². The highest BCUT2D eigenvalue weighted by Gasteiger charge is 2.07. The number of hydrogen-bond donors (Lipinski definition) is 0. The number of hydrogen-bond acceptors (Lipinski definition) is 3. The van der Waals surface area contributed by atoms with Gasteiger partial charge in [-0.2, -0.15) is 5.26 Å². The van der Waals surface area contributed by atoms with Crippen molar-refractivity contribution in [2.45, 2.75) is 0 Å². The third-order valence-electron chi connectivity index (χ3n) is 3.25. The third-order valence-corrected chi connectivity index (χ3v) is 3.25. The first kappa shape index (κ1) is 12.9. The predicted octanol–water partition coefficient (Wildman–Crippen LogP) is 4.32. The zero-order valence-corrected chi connectivity index (χ0v) is 11.1. The molecule has 0 aliphatic carbocycles. The first-order valence-corrected chi connectivity index (χ1v) is 6.47. The molecule has 0 aliphatic heterocycles. The van der Waals surface area contributed by atoms with Crippen LogP contribution in [0.4, 0.5) is 0 Å². The molecule has 0 heterocycles. The van der Waals surface area contributed by atoms with Crippen LogP contribution in [0.15, 0.2) is 60.7 Å². The standard InChI is InChI=1S/C18H11NO2/c19-11-14-7-10-18(17-4-2-1-3-16(14)17)21-15-8-5-13(12-20)6-9-15/h1-10,12H. The predicted molar refractivity (Wildman–Crippen MR) is 80.6 cm³/mol. The highest BCUT2D eigenvalue weighted by Crippen LogP contribution is 2.31. The van der Waals surface area contributed by atoms with E-state index in [4.69, 9.17) is 10.00 Å². The van der Waals surface area contributed by atoms with Gasteiger partial charge in [-0.15, -0.1) is 0 Å². The Labute approximate surface area is 122 Å². The Bertz CT molecular complexity index is 845. The summed E-state index contributed by atoms with van der Waals surface area (Å²) in [5.74, 6) is 1.33. The summed E-state index contributed by atoms with van der Waals surface area (Å²) in [6.07, 6.45) is 0.793. The van der Waals surface area contributed by atoms with Gasteiger partial charge in [0.2, 0.25) is 0 Å². The largest absolute Gasteiger partial charge is 0.457 e. The number of fused-ring (bicyclic) bond motifs is 1. The molecule has 0 aromatic heterocycles. The fourth-order valence-corrected chi connectivity index (χ4v) is 2.20. The van der Waals surface area contributed by atoms with Crippen LogP contribution in [0, 0.1) is 11.3 Å². The first-order valence-electron chi connectivity index (χ1n) is 6.47. The minimum Gasteiger partial charge on any atom is -0.457 e. The molecule has 0 atom stereocenters. The van der Waals surface area contributed by atoms with Crippen LogP contribution in [0.2, 0.25) is 0 Å². The SMILES string of the molecule is N#Cc1ccc(Oc2ccc(C=O)cc2)c2ccccc12. The highest BCUT2D eigenvalue weighted by atomic mass is 16.5. The lowest BCUT2D eigenvalue weighted by Gasteiger charge is -2.10. The molecule has 0 aliphatic rings. The molecular weight excluding hydrogens is 262 g/mol. The molecule has 0 N–H and O–H groups in total. The van der Waals surface area contributed by atoms with E-state index in [1.165, 1.54) is 0 Å². The average molecular weight is 273 g/mol. The van der Waals surface area contributed by atoms with E-state index < -0.39 is 0 Å². The van der Waals surface area contributed by atoms with E-state index in [2.05, 4.69) is 6.07 Å². The van der Waals surface area contributed by atoms with E-state index in [0.29, 0.717) is 22.6 Å². The lowest BCUT2D eigenvalue weighted by molar-refractivity contribution is 0.112. The highest BCUT2D eigenvalue weighted by molar-refractivity contribution is 5.93. The zero-order valence-electron chi connectivity index (χ0n) is 11.1. The molecule has 100 valence electrons. The number of nitrogens with zero attached hydrogens (tertiary/aromatic N) is 1. The van der Waals surface area contributed by atoms with Gasteiger partial charge in [-0.05, 0) is 36.4 Å². The number of carbonyl (C=O) groups excluding carboxylic acids is 1. The Hall–Kier alpha value is -3.12. The summed E-state index contributed by atoms with van der Waals surface area (Å²) < 4.78 is 5.87. The van der Waals surface area contributed by atoms with Gasteiger partial charge >= 0.3 is 0 Å². The molecule has 3 aromatic carbocycles. The Morgan fingerprint density at radius 3 is 2.29 bits per heavy atom. The molecule has 0 radical (unpaired) electrons. The van der Waals surface area contributed by atoms with Gasteiger partial charge in [0.25, 0.3) is 0 Å². The van der Waals surface area contributed by atoms with E-state index in [1.54, 1.807) is 36.4 Å². The molecule has 21 heavy (non-hydrogen) atoms. The molecule has 0 fully saturated rings. The Kier molecular flexibility index (Phi) is 3.36. The van der Waals surface area contributed by atoms with Gasteiger partial charge in [-0.1, -0.05) is 24.3 Å². The smallest absolute Gasteiger partial charge is 0.150 e. The molecule has 0 amide bonds. The van der Waals surface area contributed by atoms with Crippen LogP contribution in [-0.2, 0) is 0 Å². The van der Waals surface area contributed by atoms with E-state index in [9.17, 15) is 4.79 Å². The summed E-state index contributed by atoms with van der Waals surface area (Å²) in [5.41, 5.74) is 1.22. The fourth-order valence-electron chi connectivity index (χ4n) is 2.20. The summed E-state index contributed by atoms with van der Waals surface area (Å²) in [6.45, 7) is 0. The van der Waals surface area contributed by atoms with Crippen molar-refractivity contribution in [3.05, 3.63) is 71.8 Å². The van der Waals surface area contributed by atoms with Crippen molar-refractivity contribution in [3.63, 3.8) is 0 Å². The van der Waals surface area contributed by atoms with Crippen molar-refractivity contribution in [1.82, 2.24) is 0 Å². The van der Waals surface area contributed by atoms with Crippen molar-refractivity contribution < 1.29 is 9.53 Å². The molecule has 0 saturated heterocycles. The maximum Gasteiger partial charge on any atom is 0.150 e. The minimum absolute atomic E-state index is 0.604. The Balaban J connectivity index is 2.04. The van der Waals surface area contributed by atoms with E-state index in [0.717, 1.165) is 17.1 Å². The summed E-state index contributed by atoms with van der Waals surface area (Å²) in [7, 11) is 0. The van der Waals surface area contributed by atoms with Crippen molar-refractivity contribution >= 4 is 17.1 Å². The zero-order chi connectivity index (χ0) is 14.7. The number of ether oxygens (including phenoxy) is 1. The molecule has 0 saturated carbocycles. The normalized spacial score (nSPS) is 10.0. The van der Waals surface area contributed by atoms with Gasteiger partial charge in [-0.25, -0.2) is 0 Å². The van der Waals surface area contributed by atoms with Crippen LogP contribution in [0.5, 0.6) is 11.5 Å². The topological polar surface area (TPSA) is 50.1 Å². The van der Waals surface area contributed by atoms with Gasteiger partial charge < -0.3 is 4.74 Å². The molecule has 3 heteroatoms. The second kappa shape index (κ2) is 5.48. The second-order valence-electron chi connectivity index (χ2n) is 4.56. The molecule has 0 spiro atoms. The van der Waals surface area contributed by atoms with E-state index >= 15 is 0 Å². The minimum atomic E-state index is 0.604. The molecular formula is C18H11NO2. The van der Waals surface area contributed by atoms with Crippen LogP contribution in [0.3, 0.4) is 0 Å². The van der Waals surface area contributed by atoms with E-state index in [1.807, 2.05) is 24.3 Å². The lowest BCUT2D eigenvalue weighted by atomic mass is 10.0. The quantitative estimate of drug-likeness (QED) is 0.668. The second-order valence-corrected chi connectivity index (χ2v) is 4.56. The van der Waals surface area contributed by atoms with Crippen LogP contribution in [-0.4, -0.2) is 6.29 Å². The van der Waals surface area contributed by atoms with E-state index in [-0.39, 0.29) is 0 Å². The average Bonchev–Trinajstić information content (AvgIpc) is 2.56. The maximum absolute atomic E-state index is 10.7. The van der Waals surface area contributed by atoms with Gasteiger partial charge in [0.05, 0.1) is 11.6 Å². The summed E-state index contributed by atoms with van der Waals surface area (Å²) in [5, 5.41) is 10.9. The van der Waals surface area contributed by atoms with Crippen molar-refractivity contribution in [2.75, 3.05) is 0 Å². The Morgan fingerprint density at radius 1 is 0.905 bits per heavy atom. The monoisotopic (exact) mass is 273 g/mol. The fraction of sp³-hybridized carbons (Fsp3) is 0. The molecule has 3 aromatic rings. The summed E-state index contributed by atoms with van der Waals surface area (Å²) in [6, 6.07) is 20.2. The third kappa shape index (κ3) is 2.47. The molecule has 3 rings (SSSR count). The van der Waals surface area contributed by atoms with Crippen molar-refractivity contribution in [2.24, 2.45) is 0 Å². The van der Waals surface area contributed by atoms with Crippen LogP contribution in [0.1, 0.15) is 15.9 Å². The van der Waals surface area contributed by atoms with Crippen molar-refractivity contribution in [1.29, 1.82) is 5.26 Å². The van der Waals surface area contributed by atoms with Crippen LogP contribution < -0.4 is 4.74 Å². The number of rotatable bonds is 3. The maximum atomic E-state index is 10.7. The van der Waals surface area contributed by atoms with Gasteiger partial charge in [0.1, 0.15) is 17.8 Å². The molecule has 3 nitrogen and oxygen atoms in total. The lowest BCUT2D eigenvalue weighted by Crippen LogP contribution is -1.88. The van der Waals surface area contributed by atoms with Gasteiger partial charge in [0, 0.05) is 16.3 Å². The Morgan fingerprint density at radius 2 is 1.62 bits per heavy atom. The number of aldehydes is 1. The summed E-state index contributed by atoms with van der Waals surface area (Å²) >= 11 is 0.